The van der Waals surface area contributed by atoms with Crippen molar-refractivity contribution in [2.45, 2.75) is 30.2 Å². The summed E-state index contributed by atoms with van der Waals surface area (Å²) in [5, 5.41) is 0. The van der Waals surface area contributed by atoms with Crippen LogP contribution in [-0.4, -0.2) is 30.2 Å². The number of halogens is 10. The second-order valence-electron chi connectivity index (χ2n) is 3.29. The summed E-state index contributed by atoms with van der Waals surface area (Å²) < 4.78 is 124. The number of rotatable bonds is 2. The van der Waals surface area contributed by atoms with Crippen molar-refractivity contribution in [3.63, 3.8) is 0 Å². The monoisotopic (exact) mass is 292 g/mol. The number of alkyl halides is 9. The Hall–Kier alpha value is -1.00. The molecule has 0 N–H and O–H groups in total. The van der Waals surface area contributed by atoms with Crippen LogP contribution in [0.4, 0.5) is 43.9 Å². The Labute approximate surface area is 92.0 Å². The fourth-order valence-corrected chi connectivity index (χ4v) is 1.03. The van der Waals surface area contributed by atoms with E-state index in [-0.39, 0.29) is 0 Å². The Morgan fingerprint density at radius 2 is 1.33 bits per heavy atom. The van der Waals surface area contributed by atoms with E-state index in [1.807, 2.05) is 0 Å². The second kappa shape index (κ2) is 3.75. The third-order valence-electron chi connectivity index (χ3n) is 1.92. The van der Waals surface area contributed by atoms with Gasteiger partial charge in [0.05, 0.1) is 0 Å². The Morgan fingerprint density at radius 1 is 0.944 bits per heavy atom. The van der Waals surface area contributed by atoms with Gasteiger partial charge in [-0.15, -0.1) is 0 Å². The van der Waals surface area contributed by atoms with Crippen LogP contribution in [0.15, 0.2) is 11.9 Å². The average Bonchev–Trinajstić information content (AvgIpc) is 2.10. The minimum Gasteiger partial charge on any atom is -0.315 e. The van der Waals surface area contributed by atoms with Crippen LogP contribution in [0.1, 0.15) is 0 Å². The summed E-state index contributed by atoms with van der Waals surface area (Å²) in [7, 11) is 0. The first-order valence-corrected chi connectivity index (χ1v) is 3.98. The lowest BCUT2D eigenvalue weighted by Gasteiger charge is -2.39. The van der Waals surface area contributed by atoms with Gasteiger partial charge in [-0.3, -0.25) is 0 Å². The molecule has 11 heteroatoms. The Kier molecular flexibility index (Phi) is 3.13. The molecule has 0 bridgehead atoms. The van der Waals surface area contributed by atoms with E-state index in [9.17, 15) is 43.9 Å². The molecule has 0 spiro atoms. The molecule has 0 aromatic heterocycles. The molecule has 18 heavy (non-hydrogen) atoms. The van der Waals surface area contributed by atoms with Crippen molar-refractivity contribution in [3.05, 3.63) is 11.9 Å². The smallest absolute Gasteiger partial charge is 0.315 e. The van der Waals surface area contributed by atoms with Crippen LogP contribution in [0.3, 0.4) is 0 Å². The highest BCUT2D eigenvalue weighted by Gasteiger charge is 2.72. The minimum absolute atomic E-state index is 0.794. The summed E-state index contributed by atoms with van der Waals surface area (Å²) in [6.07, 6.45) is -17.9. The average molecular weight is 292 g/mol. The van der Waals surface area contributed by atoms with Crippen LogP contribution in [-0.2, 0) is 4.74 Å². The molecule has 1 aliphatic carbocycles. The van der Waals surface area contributed by atoms with Crippen molar-refractivity contribution in [1.82, 2.24) is 0 Å². The van der Waals surface area contributed by atoms with Gasteiger partial charge in [0.1, 0.15) is 0 Å². The molecule has 0 saturated heterocycles. The van der Waals surface area contributed by atoms with Crippen LogP contribution in [0, 0.1) is 0 Å². The van der Waals surface area contributed by atoms with Crippen LogP contribution in [0.2, 0.25) is 0 Å². The number of hydrogen-bond acceptors (Lipinski definition) is 1. The van der Waals surface area contributed by atoms with Crippen LogP contribution in [0.5, 0.6) is 0 Å². The summed E-state index contributed by atoms with van der Waals surface area (Å²) in [5.74, 6) is -12.5. The summed E-state index contributed by atoms with van der Waals surface area (Å²) in [5.41, 5.74) is 0. The van der Waals surface area contributed by atoms with Gasteiger partial charge in [-0.25, -0.2) is 4.39 Å². The van der Waals surface area contributed by atoms with Crippen molar-refractivity contribution in [3.8, 4) is 0 Å². The zero-order valence-electron chi connectivity index (χ0n) is 7.84. The van der Waals surface area contributed by atoms with Gasteiger partial charge in [-0.05, 0) is 0 Å². The highest BCUT2D eigenvalue weighted by Crippen LogP contribution is 2.53. The standard InChI is InChI=1S/C7H2F10O/c8-2-1-4(9,5(2,10)11)18-3(6(12,13)14)7(15,16)17/h1,3H. The largest absolute Gasteiger partial charge is 0.423 e. The van der Waals surface area contributed by atoms with Crippen LogP contribution < -0.4 is 0 Å². The van der Waals surface area contributed by atoms with Gasteiger partial charge in [0.2, 0.25) is 0 Å². The van der Waals surface area contributed by atoms with E-state index in [1.165, 1.54) is 0 Å². The molecule has 106 valence electrons. The van der Waals surface area contributed by atoms with Crippen LogP contribution in [0.25, 0.3) is 0 Å². The molecule has 0 saturated carbocycles. The molecule has 0 heterocycles. The van der Waals surface area contributed by atoms with Gasteiger partial charge in [-0.1, -0.05) is 0 Å². The highest BCUT2D eigenvalue weighted by molar-refractivity contribution is 5.29. The van der Waals surface area contributed by atoms with Gasteiger partial charge >= 0.3 is 24.1 Å². The Morgan fingerprint density at radius 3 is 1.56 bits per heavy atom. The van der Waals surface area contributed by atoms with Crippen molar-refractivity contribution in [2.24, 2.45) is 0 Å². The lowest BCUT2D eigenvalue weighted by molar-refractivity contribution is -0.384. The Bertz CT molecular complexity index is 351. The number of ether oxygens (including phenoxy) is 1. The summed E-state index contributed by atoms with van der Waals surface area (Å²) in [6, 6.07) is 0. The first kappa shape index (κ1) is 15.1. The maximum Gasteiger partial charge on any atom is 0.423 e. The van der Waals surface area contributed by atoms with Gasteiger partial charge in [0, 0.05) is 6.08 Å². The molecule has 0 radical (unpaired) electrons. The lowest BCUT2D eigenvalue weighted by atomic mass is 9.96. The summed E-state index contributed by atoms with van der Waals surface area (Å²) in [4.78, 5) is 0. The summed E-state index contributed by atoms with van der Waals surface area (Å²) >= 11 is 0. The van der Waals surface area contributed by atoms with Crippen molar-refractivity contribution < 1.29 is 48.6 Å². The van der Waals surface area contributed by atoms with E-state index < -0.39 is 42.1 Å². The highest BCUT2D eigenvalue weighted by atomic mass is 19.4. The van der Waals surface area contributed by atoms with Gasteiger partial charge in [0.25, 0.3) is 6.10 Å². The quantitative estimate of drug-likeness (QED) is 0.706. The van der Waals surface area contributed by atoms with E-state index >= 15 is 0 Å². The third kappa shape index (κ3) is 2.27. The molecule has 1 atom stereocenters. The molecule has 1 rings (SSSR count). The molecule has 1 nitrogen and oxygen atoms in total. The van der Waals surface area contributed by atoms with E-state index in [4.69, 9.17) is 0 Å². The molecule has 1 aliphatic rings. The minimum atomic E-state index is -6.17. The first-order valence-electron chi connectivity index (χ1n) is 3.98. The fraction of sp³-hybridized carbons (Fsp3) is 0.714. The SMILES string of the molecule is FC1=CC(F)(OC(C(F)(F)F)C(F)(F)F)C1(F)F. The molecule has 0 aliphatic heterocycles. The predicted molar refractivity (Wildman–Crippen MR) is 35.0 cm³/mol. The second-order valence-corrected chi connectivity index (χ2v) is 3.29. The lowest BCUT2D eigenvalue weighted by Crippen LogP contribution is -2.59. The zero-order valence-corrected chi connectivity index (χ0v) is 7.84. The molecule has 0 aromatic rings. The fourth-order valence-electron chi connectivity index (χ4n) is 1.03. The third-order valence-corrected chi connectivity index (χ3v) is 1.92. The predicted octanol–water partition coefficient (Wildman–Crippen LogP) is 3.66. The molecular weight excluding hydrogens is 290 g/mol. The topological polar surface area (TPSA) is 9.23 Å². The molecular formula is C7H2F10O. The number of hydrogen-bond donors (Lipinski definition) is 0. The van der Waals surface area contributed by atoms with Gasteiger partial charge < -0.3 is 4.74 Å². The summed E-state index contributed by atoms with van der Waals surface area (Å²) in [6.45, 7) is 0. The van der Waals surface area contributed by atoms with E-state index in [0.717, 1.165) is 0 Å². The zero-order chi connectivity index (χ0) is 14.6. The van der Waals surface area contributed by atoms with E-state index in [1.54, 1.807) is 0 Å². The molecule has 0 amide bonds. The Balaban J connectivity index is 3.02. The first-order chi connectivity index (χ1) is 7.72. The normalized spacial score (nSPS) is 28.1. The van der Waals surface area contributed by atoms with E-state index in [2.05, 4.69) is 4.74 Å². The van der Waals surface area contributed by atoms with Crippen molar-refractivity contribution >= 4 is 0 Å². The maximum atomic E-state index is 13.0. The van der Waals surface area contributed by atoms with Gasteiger partial charge in [-0.2, -0.15) is 39.5 Å². The molecule has 0 aromatic carbocycles. The van der Waals surface area contributed by atoms with Crippen LogP contribution >= 0.6 is 0 Å². The van der Waals surface area contributed by atoms with E-state index in [0.29, 0.717) is 0 Å². The maximum absolute atomic E-state index is 13.0. The van der Waals surface area contributed by atoms with Gasteiger partial charge in [0.15, 0.2) is 5.83 Å². The van der Waals surface area contributed by atoms with Crippen molar-refractivity contribution in [1.29, 1.82) is 0 Å². The molecule has 1 unspecified atom stereocenters. The van der Waals surface area contributed by atoms with Crippen molar-refractivity contribution in [2.75, 3.05) is 0 Å². The molecule has 0 fully saturated rings.